The average Bonchev–Trinajstić information content (AvgIpc) is 2.77. The Hall–Kier alpha value is -2.38. The number of halogens is 4. The number of pyridine rings is 1. The summed E-state index contributed by atoms with van der Waals surface area (Å²) in [5, 5.41) is 6.35. The van der Waals surface area contributed by atoms with Gasteiger partial charge in [0.05, 0.1) is 5.56 Å². The molecular formula is C19H26F3IN8. The highest BCUT2D eigenvalue weighted by Crippen LogP contribution is 2.28. The highest BCUT2D eigenvalue weighted by Gasteiger charge is 2.30. The largest absolute Gasteiger partial charge is 0.417 e. The molecule has 2 aromatic rings. The van der Waals surface area contributed by atoms with E-state index in [4.69, 9.17) is 0 Å². The third kappa shape index (κ3) is 7.36. The highest BCUT2D eigenvalue weighted by atomic mass is 127. The van der Waals surface area contributed by atoms with Gasteiger partial charge < -0.3 is 20.4 Å². The van der Waals surface area contributed by atoms with E-state index >= 15 is 0 Å². The Morgan fingerprint density at radius 2 is 1.77 bits per heavy atom. The number of guanidine groups is 1. The van der Waals surface area contributed by atoms with Crippen LogP contribution < -0.4 is 15.5 Å². The number of rotatable bonds is 6. The zero-order valence-corrected chi connectivity index (χ0v) is 19.5. The maximum atomic E-state index is 12.5. The van der Waals surface area contributed by atoms with Crippen LogP contribution in [0.15, 0.2) is 41.8 Å². The van der Waals surface area contributed by atoms with Crippen molar-refractivity contribution in [2.75, 3.05) is 56.5 Å². The number of hydrogen-bond donors (Lipinski definition) is 2. The van der Waals surface area contributed by atoms with Gasteiger partial charge in [0.25, 0.3) is 0 Å². The first-order valence-electron chi connectivity index (χ1n) is 9.72. The topological polar surface area (TPSA) is 81.6 Å². The number of hydrogen-bond acceptors (Lipinski definition) is 6. The quantitative estimate of drug-likeness (QED) is 0.248. The van der Waals surface area contributed by atoms with E-state index in [1.165, 1.54) is 6.07 Å². The zero-order chi connectivity index (χ0) is 21.4. The molecule has 1 aliphatic rings. The lowest BCUT2D eigenvalue weighted by molar-refractivity contribution is -0.137. The first kappa shape index (κ1) is 24.9. The number of nitrogens with zero attached hydrogens (tertiary/aromatic N) is 6. The summed E-state index contributed by atoms with van der Waals surface area (Å²) in [5.41, 5.74) is -0.752. The smallest absolute Gasteiger partial charge is 0.370 e. The van der Waals surface area contributed by atoms with Crippen molar-refractivity contribution in [3.8, 4) is 0 Å². The second-order valence-electron chi connectivity index (χ2n) is 6.71. The Morgan fingerprint density at radius 1 is 1.06 bits per heavy atom. The molecule has 3 rings (SSSR count). The van der Waals surface area contributed by atoms with Crippen LogP contribution in [0.25, 0.3) is 0 Å². The number of aliphatic imine (C=N–C) groups is 1. The van der Waals surface area contributed by atoms with Crippen LogP contribution in [0.1, 0.15) is 12.0 Å². The molecule has 0 aromatic carbocycles. The zero-order valence-electron chi connectivity index (χ0n) is 17.1. The van der Waals surface area contributed by atoms with E-state index in [1.54, 1.807) is 25.5 Å². The number of anilines is 2. The van der Waals surface area contributed by atoms with Crippen LogP contribution in [-0.4, -0.2) is 72.1 Å². The van der Waals surface area contributed by atoms with E-state index in [-0.39, 0.29) is 24.0 Å². The van der Waals surface area contributed by atoms with Gasteiger partial charge in [-0.05, 0) is 24.6 Å². The summed E-state index contributed by atoms with van der Waals surface area (Å²) in [6.07, 6.45) is 0.708. The van der Waals surface area contributed by atoms with Gasteiger partial charge in [0.15, 0.2) is 5.96 Å². The average molecular weight is 550 g/mol. The van der Waals surface area contributed by atoms with Gasteiger partial charge in [-0.25, -0.2) is 15.0 Å². The molecular weight excluding hydrogens is 524 g/mol. The normalized spacial score (nSPS) is 14.8. The minimum atomic E-state index is -4.37. The van der Waals surface area contributed by atoms with Crippen molar-refractivity contribution < 1.29 is 13.2 Å². The Balaban J connectivity index is 0.00000341. The van der Waals surface area contributed by atoms with Gasteiger partial charge in [0.2, 0.25) is 5.95 Å². The monoisotopic (exact) mass is 550 g/mol. The molecule has 1 saturated heterocycles. The Morgan fingerprint density at radius 3 is 2.35 bits per heavy atom. The van der Waals surface area contributed by atoms with Crippen molar-refractivity contribution in [2.24, 2.45) is 4.99 Å². The third-order valence-electron chi connectivity index (χ3n) is 4.66. The van der Waals surface area contributed by atoms with Gasteiger partial charge in [0, 0.05) is 64.9 Å². The van der Waals surface area contributed by atoms with Crippen LogP contribution >= 0.6 is 24.0 Å². The van der Waals surface area contributed by atoms with E-state index in [9.17, 15) is 13.2 Å². The molecule has 0 aliphatic carbocycles. The predicted molar refractivity (Wildman–Crippen MR) is 125 cm³/mol. The van der Waals surface area contributed by atoms with Gasteiger partial charge in [-0.1, -0.05) is 0 Å². The molecule has 2 aromatic heterocycles. The second kappa shape index (κ2) is 11.9. The molecule has 2 N–H and O–H groups in total. The second-order valence-corrected chi connectivity index (χ2v) is 6.71. The maximum absolute atomic E-state index is 12.5. The fourth-order valence-electron chi connectivity index (χ4n) is 3.08. The van der Waals surface area contributed by atoms with Crippen molar-refractivity contribution in [1.82, 2.24) is 25.2 Å². The minimum absolute atomic E-state index is 0. The minimum Gasteiger partial charge on any atom is -0.370 e. The maximum Gasteiger partial charge on any atom is 0.417 e. The van der Waals surface area contributed by atoms with E-state index in [2.05, 4.69) is 40.4 Å². The SMILES string of the molecule is CN=C(NCCCNc1ccc(C(F)(F)F)cn1)N1CCN(c2ncccn2)CC1.I. The molecule has 0 atom stereocenters. The summed E-state index contributed by atoms with van der Waals surface area (Å²) in [7, 11) is 1.75. The lowest BCUT2D eigenvalue weighted by atomic mass is 10.3. The Bertz CT molecular complexity index is 809. The van der Waals surface area contributed by atoms with Crippen LogP contribution in [0.3, 0.4) is 0 Å². The molecule has 3 heterocycles. The Labute approximate surface area is 196 Å². The molecule has 0 amide bonds. The van der Waals surface area contributed by atoms with Crippen molar-refractivity contribution in [1.29, 1.82) is 0 Å². The van der Waals surface area contributed by atoms with Crippen LogP contribution in [0.2, 0.25) is 0 Å². The lowest BCUT2D eigenvalue weighted by Gasteiger charge is -2.36. The molecule has 1 fully saturated rings. The number of nitrogens with one attached hydrogen (secondary N) is 2. The molecule has 170 valence electrons. The molecule has 31 heavy (non-hydrogen) atoms. The third-order valence-corrected chi connectivity index (χ3v) is 4.66. The standard InChI is InChI=1S/C19H25F3N8.HI/c1-23-17(29-10-12-30(13-11-29)18-26-8-3-9-27-18)25-7-2-6-24-16-5-4-15(14-28-16)19(20,21)22;/h3-5,8-9,14H,2,6-7,10-13H2,1H3,(H,23,25)(H,24,28);1H. The van der Waals surface area contributed by atoms with Crippen molar-refractivity contribution in [3.05, 3.63) is 42.4 Å². The highest BCUT2D eigenvalue weighted by molar-refractivity contribution is 14.0. The van der Waals surface area contributed by atoms with E-state index in [0.29, 0.717) is 18.9 Å². The molecule has 12 heteroatoms. The fourth-order valence-corrected chi connectivity index (χ4v) is 3.08. The molecule has 0 spiro atoms. The van der Waals surface area contributed by atoms with Crippen LogP contribution in [0.5, 0.6) is 0 Å². The summed E-state index contributed by atoms with van der Waals surface area (Å²) in [4.78, 5) is 21.0. The van der Waals surface area contributed by atoms with Crippen molar-refractivity contribution in [3.63, 3.8) is 0 Å². The summed E-state index contributed by atoms with van der Waals surface area (Å²) in [6, 6.07) is 4.16. The summed E-state index contributed by atoms with van der Waals surface area (Å²) in [5.74, 6) is 1.99. The molecule has 0 unspecified atom stereocenters. The molecule has 0 bridgehead atoms. The van der Waals surface area contributed by atoms with E-state index in [1.807, 2.05) is 0 Å². The van der Waals surface area contributed by atoms with E-state index in [0.717, 1.165) is 56.8 Å². The summed E-state index contributed by atoms with van der Waals surface area (Å²) in [6.45, 7) is 4.51. The molecule has 0 radical (unpaired) electrons. The van der Waals surface area contributed by atoms with Gasteiger partial charge in [0.1, 0.15) is 5.82 Å². The van der Waals surface area contributed by atoms with Gasteiger partial charge in [-0.15, -0.1) is 24.0 Å². The lowest BCUT2D eigenvalue weighted by Crippen LogP contribution is -2.53. The van der Waals surface area contributed by atoms with Crippen LogP contribution in [-0.2, 0) is 6.18 Å². The first-order valence-corrected chi connectivity index (χ1v) is 9.72. The van der Waals surface area contributed by atoms with Crippen molar-refractivity contribution in [2.45, 2.75) is 12.6 Å². The number of piperazine rings is 1. The van der Waals surface area contributed by atoms with Gasteiger partial charge >= 0.3 is 6.18 Å². The van der Waals surface area contributed by atoms with E-state index < -0.39 is 11.7 Å². The Kier molecular flexibility index (Phi) is 9.52. The molecule has 0 saturated carbocycles. The van der Waals surface area contributed by atoms with Crippen LogP contribution in [0, 0.1) is 0 Å². The number of alkyl halides is 3. The van der Waals surface area contributed by atoms with Crippen molar-refractivity contribution >= 4 is 41.7 Å². The predicted octanol–water partition coefficient (Wildman–Crippen LogP) is 2.71. The summed E-state index contributed by atoms with van der Waals surface area (Å²) < 4.78 is 37.6. The van der Waals surface area contributed by atoms with Crippen LogP contribution in [0.4, 0.5) is 24.9 Å². The fraction of sp³-hybridized carbons (Fsp3) is 0.474. The molecule has 8 nitrogen and oxygen atoms in total. The van der Waals surface area contributed by atoms with Gasteiger partial charge in [-0.2, -0.15) is 13.2 Å². The summed E-state index contributed by atoms with van der Waals surface area (Å²) >= 11 is 0. The first-order chi connectivity index (χ1) is 14.5. The number of aromatic nitrogens is 3. The van der Waals surface area contributed by atoms with Gasteiger partial charge in [-0.3, -0.25) is 4.99 Å². The molecule has 1 aliphatic heterocycles.